The summed E-state index contributed by atoms with van der Waals surface area (Å²) in [4.78, 5) is 31.3. The zero-order valence-corrected chi connectivity index (χ0v) is 18.1. The third-order valence-corrected chi connectivity index (χ3v) is 5.78. The Balaban J connectivity index is 1.59. The number of nitrogens with zero attached hydrogens (tertiary/aromatic N) is 2. The van der Waals surface area contributed by atoms with E-state index in [1.54, 1.807) is 25.1 Å². The number of benzene rings is 2. The van der Waals surface area contributed by atoms with Gasteiger partial charge in [-0.15, -0.1) is 0 Å². The van der Waals surface area contributed by atoms with Crippen LogP contribution in [-0.4, -0.2) is 21.8 Å². The highest BCUT2D eigenvalue weighted by Gasteiger charge is 2.50. The van der Waals surface area contributed by atoms with Crippen LogP contribution in [0.25, 0.3) is 11.5 Å². The first kappa shape index (κ1) is 20.4. The van der Waals surface area contributed by atoms with Crippen molar-refractivity contribution in [1.82, 2.24) is 15.2 Å². The Morgan fingerprint density at radius 2 is 1.90 bits per heavy atom. The van der Waals surface area contributed by atoms with Gasteiger partial charge >= 0.3 is 6.03 Å². The Labute approximate surface area is 183 Å². The van der Waals surface area contributed by atoms with Crippen LogP contribution in [0.5, 0.6) is 0 Å². The van der Waals surface area contributed by atoms with Gasteiger partial charge in [-0.3, -0.25) is 9.69 Å². The van der Waals surface area contributed by atoms with E-state index in [1.165, 1.54) is 6.26 Å². The van der Waals surface area contributed by atoms with Gasteiger partial charge in [0.1, 0.15) is 11.8 Å². The molecule has 0 aliphatic carbocycles. The van der Waals surface area contributed by atoms with Crippen LogP contribution in [0.2, 0.25) is 10.0 Å². The molecule has 4 rings (SSSR count). The summed E-state index contributed by atoms with van der Waals surface area (Å²) in [5.74, 6) is 0.0193. The molecule has 0 unspecified atom stereocenters. The number of aromatic nitrogens is 1. The van der Waals surface area contributed by atoms with Crippen molar-refractivity contribution in [3.63, 3.8) is 0 Å². The normalized spacial score (nSPS) is 18.8. The second-order valence-electron chi connectivity index (χ2n) is 7.53. The lowest BCUT2D eigenvalue weighted by Gasteiger charge is -2.23. The molecule has 2 aromatic carbocycles. The van der Waals surface area contributed by atoms with E-state index in [2.05, 4.69) is 10.3 Å². The Morgan fingerprint density at radius 3 is 2.60 bits per heavy atom. The second-order valence-corrected chi connectivity index (χ2v) is 8.38. The number of rotatable bonds is 4. The molecule has 3 aromatic rings. The number of imide groups is 1. The largest absolute Gasteiger partial charge is 0.444 e. The Kier molecular flexibility index (Phi) is 5.08. The summed E-state index contributed by atoms with van der Waals surface area (Å²) in [6.45, 7) is 5.59. The molecule has 1 N–H and O–H groups in total. The quantitative estimate of drug-likeness (QED) is 0.559. The fraction of sp³-hybridized carbons (Fsp3) is 0.227. The number of carbonyl (C=O) groups excluding carboxylic acids is 2. The lowest BCUT2D eigenvalue weighted by Crippen LogP contribution is -2.41. The maximum atomic E-state index is 13.1. The number of nitrogens with one attached hydrogen (secondary N) is 1. The number of amides is 3. The van der Waals surface area contributed by atoms with Crippen LogP contribution >= 0.6 is 23.2 Å². The maximum absolute atomic E-state index is 13.1. The van der Waals surface area contributed by atoms with E-state index in [-0.39, 0.29) is 6.54 Å². The number of hydrogen-bond acceptors (Lipinski definition) is 4. The van der Waals surface area contributed by atoms with Gasteiger partial charge in [0.05, 0.1) is 12.2 Å². The highest BCUT2D eigenvalue weighted by molar-refractivity contribution is 6.35. The summed E-state index contributed by atoms with van der Waals surface area (Å²) in [6.07, 6.45) is 1.46. The summed E-state index contributed by atoms with van der Waals surface area (Å²) in [7, 11) is 0. The molecule has 1 fully saturated rings. The zero-order chi connectivity index (χ0) is 21.6. The van der Waals surface area contributed by atoms with E-state index < -0.39 is 17.5 Å². The molecular weight excluding hydrogens is 425 g/mol. The van der Waals surface area contributed by atoms with Crippen molar-refractivity contribution in [1.29, 1.82) is 0 Å². The van der Waals surface area contributed by atoms with E-state index in [0.717, 1.165) is 21.6 Å². The fourth-order valence-electron chi connectivity index (χ4n) is 3.64. The number of halogens is 2. The molecule has 0 saturated carbocycles. The number of carbonyl (C=O) groups is 2. The standard InChI is InChI=1S/C22H19Cl2N3O3/c1-12-4-6-16(13(2)8-12)19-25-15(11-30-19)10-27-20(28)22(3,26-21(27)29)17-7-5-14(23)9-18(17)24/h4-9,11H,10H2,1-3H3,(H,26,29)/t22-/m1/s1. The number of oxazole rings is 1. The molecule has 1 aliphatic heterocycles. The van der Waals surface area contributed by atoms with Gasteiger partial charge in [-0.05, 0) is 44.5 Å². The van der Waals surface area contributed by atoms with Crippen LogP contribution < -0.4 is 5.32 Å². The molecule has 1 saturated heterocycles. The van der Waals surface area contributed by atoms with E-state index in [1.807, 2.05) is 32.0 Å². The molecule has 6 nitrogen and oxygen atoms in total. The first-order valence-electron chi connectivity index (χ1n) is 9.30. The average molecular weight is 444 g/mol. The molecule has 1 aliphatic rings. The summed E-state index contributed by atoms with van der Waals surface area (Å²) in [6, 6.07) is 10.2. The van der Waals surface area contributed by atoms with Crippen LogP contribution in [0.4, 0.5) is 4.79 Å². The van der Waals surface area contributed by atoms with Gasteiger partial charge in [0.15, 0.2) is 0 Å². The monoisotopic (exact) mass is 443 g/mol. The van der Waals surface area contributed by atoms with Gasteiger partial charge in [-0.2, -0.15) is 0 Å². The van der Waals surface area contributed by atoms with E-state index in [0.29, 0.717) is 27.2 Å². The number of aryl methyl sites for hydroxylation is 2. The summed E-state index contributed by atoms with van der Waals surface area (Å²) >= 11 is 12.2. The second kappa shape index (κ2) is 7.45. The lowest BCUT2D eigenvalue weighted by atomic mass is 9.92. The molecular formula is C22H19Cl2N3O3. The van der Waals surface area contributed by atoms with Crippen molar-refractivity contribution in [2.45, 2.75) is 32.9 Å². The van der Waals surface area contributed by atoms with Gasteiger partial charge in [0.25, 0.3) is 5.91 Å². The number of urea groups is 1. The molecule has 1 aromatic heterocycles. The van der Waals surface area contributed by atoms with Gasteiger partial charge < -0.3 is 9.73 Å². The van der Waals surface area contributed by atoms with Crippen LogP contribution in [0.15, 0.2) is 47.1 Å². The third kappa shape index (κ3) is 3.46. The van der Waals surface area contributed by atoms with Crippen molar-refractivity contribution in [2.24, 2.45) is 0 Å². The summed E-state index contributed by atoms with van der Waals surface area (Å²) in [5.41, 5.74) is 2.69. The fourth-order valence-corrected chi connectivity index (χ4v) is 4.23. The highest BCUT2D eigenvalue weighted by Crippen LogP contribution is 2.35. The number of hydrogen-bond donors (Lipinski definition) is 1. The van der Waals surface area contributed by atoms with Crippen LogP contribution in [0.1, 0.15) is 29.3 Å². The van der Waals surface area contributed by atoms with Crippen molar-refractivity contribution in [2.75, 3.05) is 0 Å². The summed E-state index contributed by atoms with van der Waals surface area (Å²) in [5, 5.41) is 3.48. The molecule has 3 amide bonds. The molecule has 2 heterocycles. The van der Waals surface area contributed by atoms with Gasteiger partial charge in [-0.1, -0.05) is 47.0 Å². The summed E-state index contributed by atoms with van der Waals surface area (Å²) < 4.78 is 5.60. The molecule has 154 valence electrons. The Bertz CT molecular complexity index is 1170. The maximum Gasteiger partial charge on any atom is 0.325 e. The van der Waals surface area contributed by atoms with Crippen LogP contribution in [0.3, 0.4) is 0 Å². The Hall–Kier alpha value is -2.83. The topological polar surface area (TPSA) is 75.4 Å². The average Bonchev–Trinajstić information content (AvgIpc) is 3.21. The van der Waals surface area contributed by atoms with Gasteiger partial charge in [0, 0.05) is 21.2 Å². The third-order valence-electron chi connectivity index (χ3n) is 5.23. The van der Waals surface area contributed by atoms with Crippen LogP contribution in [0, 0.1) is 13.8 Å². The molecule has 0 spiro atoms. The van der Waals surface area contributed by atoms with Gasteiger partial charge in [-0.25, -0.2) is 9.78 Å². The highest BCUT2D eigenvalue weighted by atomic mass is 35.5. The first-order valence-corrected chi connectivity index (χ1v) is 10.1. The van der Waals surface area contributed by atoms with Gasteiger partial charge in [0.2, 0.25) is 5.89 Å². The minimum absolute atomic E-state index is 0.0140. The predicted octanol–water partition coefficient (Wildman–Crippen LogP) is 5.23. The van der Waals surface area contributed by atoms with E-state index >= 15 is 0 Å². The molecule has 0 bridgehead atoms. The minimum atomic E-state index is -1.29. The first-order chi connectivity index (χ1) is 14.2. The molecule has 8 heteroatoms. The van der Waals surface area contributed by atoms with E-state index in [9.17, 15) is 9.59 Å². The minimum Gasteiger partial charge on any atom is -0.444 e. The van der Waals surface area contributed by atoms with Crippen molar-refractivity contribution < 1.29 is 14.0 Å². The van der Waals surface area contributed by atoms with Crippen molar-refractivity contribution in [3.8, 4) is 11.5 Å². The predicted molar refractivity (Wildman–Crippen MR) is 114 cm³/mol. The van der Waals surface area contributed by atoms with Crippen LogP contribution in [-0.2, 0) is 16.9 Å². The zero-order valence-electron chi connectivity index (χ0n) is 16.6. The molecule has 1 atom stereocenters. The molecule has 0 radical (unpaired) electrons. The van der Waals surface area contributed by atoms with Crippen molar-refractivity contribution in [3.05, 3.63) is 75.1 Å². The lowest BCUT2D eigenvalue weighted by molar-refractivity contribution is -0.131. The SMILES string of the molecule is Cc1ccc(-c2nc(CN3C(=O)N[C@](C)(c4ccc(Cl)cc4Cl)C3=O)co2)c(C)c1. The van der Waals surface area contributed by atoms with Crippen molar-refractivity contribution >= 4 is 35.1 Å². The Morgan fingerprint density at radius 1 is 1.13 bits per heavy atom. The smallest absolute Gasteiger partial charge is 0.325 e. The van der Waals surface area contributed by atoms with E-state index in [4.69, 9.17) is 27.6 Å². The molecule has 30 heavy (non-hydrogen) atoms.